The average Bonchev–Trinajstić information content (AvgIpc) is 3.39. The van der Waals surface area contributed by atoms with Gasteiger partial charge in [-0.05, 0) is 54.3 Å². The molecule has 0 saturated heterocycles. The van der Waals surface area contributed by atoms with E-state index in [0.29, 0.717) is 25.2 Å². The van der Waals surface area contributed by atoms with Crippen LogP contribution < -0.4 is 4.72 Å². The Hall–Kier alpha value is -4.24. The van der Waals surface area contributed by atoms with Gasteiger partial charge < -0.3 is 4.90 Å². The lowest BCUT2D eigenvalue weighted by Gasteiger charge is -2.24. The van der Waals surface area contributed by atoms with Gasteiger partial charge in [0, 0.05) is 19.3 Å². The first-order valence-corrected chi connectivity index (χ1v) is 14.4. The Morgan fingerprint density at radius 1 is 0.974 bits per heavy atom. The van der Waals surface area contributed by atoms with Crippen LogP contribution in [0.25, 0.3) is 16.8 Å². The molecular weight excluding hydrogens is 512 g/mol. The van der Waals surface area contributed by atoms with Gasteiger partial charge in [0.1, 0.15) is 5.92 Å². The normalized spacial score (nSPS) is 12.5. The van der Waals surface area contributed by atoms with Crippen molar-refractivity contribution >= 4 is 38.7 Å². The summed E-state index contributed by atoms with van der Waals surface area (Å²) in [5.41, 5.74) is 1.73. The molecule has 2 amide bonds. The van der Waals surface area contributed by atoms with Crippen molar-refractivity contribution in [3.05, 3.63) is 102 Å². The molecule has 0 bridgehead atoms. The predicted octanol–water partition coefficient (Wildman–Crippen LogP) is 4.28. The molecule has 1 unspecified atom stereocenters. The SMILES string of the molecule is CCN(CC)C(=O)C(Cc1cnn(CC=Cc2ccccc2)c1)C(=O)NS(=O)(=O)c1ccc2ccccc2c1. The number of nitrogens with one attached hydrogen (secondary N) is 1. The van der Waals surface area contributed by atoms with E-state index in [4.69, 9.17) is 0 Å². The van der Waals surface area contributed by atoms with Gasteiger partial charge in [-0.2, -0.15) is 5.10 Å². The van der Waals surface area contributed by atoms with Crippen LogP contribution in [0.5, 0.6) is 0 Å². The number of nitrogens with zero attached hydrogens (tertiary/aromatic N) is 3. The van der Waals surface area contributed by atoms with Crippen molar-refractivity contribution in [1.82, 2.24) is 19.4 Å². The highest BCUT2D eigenvalue weighted by atomic mass is 32.2. The lowest BCUT2D eigenvalue weighted by atomic mass is 9.99. The molecule has 9 heteroatoms. The van der Waals surface area contributed by atoms with Gasteiger partial charge in [0.2, 0.25) is 11.8 Å². The zero-order valence-corrected chi connectivity index (χ0v) is 22.8. The number of aromatic nitrogens is 2. The summed E-state index contributed by atoms with van der Waals surface area (Å²) in [6.45, 7) is 4.95. The molecule has 3 aromatic carbocycles. The fourth-order valence-electron chi connectivity index (χ4n) is 4.35. The molecule has 1 N–H and O–H groups in total. The van der Waals surface area contributed by atoms with E-state index in [1.165, 1.54) is 17.0 Å². The zero-order chi connectivity index (χ0) is 27.8. The Morgan fingerprint density at radius 3 is 2.38 bits per heavy atom. The molecule has 1 atom stereocenters. The van der Waals surface area contributed by atoms with Crippen LogP contribution in [0.2, 0.25) is 0 Å². The molecule has 4 aromatic rings. The predicted molar refractivity (Wildman–Crippen MR) is 152 cm³/mol. The lowest BCUT2D eigenvalue weighted by molar-refractivity contribution is -0.141. The van der Waals surface area contributed by atoms with E-state index in [0.717, 1.165) is 16.3 Å². The highest BCUT2D eigenvalue weighted by Crippen LogP contribution is 2.20. The molecule has 1 heterocycles. The first-order valence-electron chi connectivity index (χ1n) is 12.9. The molecule has 0 aliphatic carbocycles. The van der Waals surface area contributed by atoms with Crippen LogP contribution in [-0.4, -0.2) is 48.0 Å². The van der Waals surface area contributed by atoms with Crippen molar-refractivity contribution in [2.24, 2.45) is 5.92 Å². The second-order valence-corrected chi connectivity index (χ2v) is 10.8. The minimum absolute atomic E-state index is 0.0246. The van der Waals surface area contributed by atoms with Gasteiger partial charge in [0.25, 0.3) is 10.0 Å². The summed E-state index contributed by atoms with van der Waals surface area (Å²) in [6, 6.07) is 21.9. The van der Waals surface area contributed by atoms with Gasteiger partial charge in [-0.1, -0.05) is 72.8 Å². The third kappa shape index (κ3) is 7.00. The van der Waals surface area contributed by atoms with Crippen LogP contribution in [-0.2, 0) is 32.6 Å². The fourth-order valence-corrected chi connectivity index (χ4v) is 5.41. The zero-order valence-electron chi connectivity index (χ0n) is 22.0. The summed E-state index contributed by atoms with van der Waals surface area (Å²) in [6.07, 6.45) is 7.34. The molecule has 202 valence electrons. The molecule has 0 fully saturated rings. The van der Waals surface area contributed by atoms with Crippen molar-refractivity contribution in [1.29, 1.82) is 0 Å². The van der Waals surface area contributed by atoms with Crippen molar-refractivity contribution in [3.8, 4) is 0 Å². The highest BCUT2D eigenvalue weighted by Gasteiger charge is 2.33. The Labute approximate surface area is 229 Å². The van der Waals surface area contributed by atoms with Crippen LogP contribution in [0.15, 0.2) is 96.2 Å². The van der Waals surface area contributed by atoms with E-state index < -0.39 is 27.8 Å². The van der Waals surface area contributed by atoms with Crippen LogP contribution in [0.4, 0.5) is 0 Å². The monoisotopic (exact) mass is 544 g/mol. The number of hydrogen-bond acceptors (Lipinski definition) is 5. The summed E-state index contributed by atoms with van der Waals surface area (Å²) >= 11 is 0. The highest BCUT2D eigenvalue weighted by molar-refractivity contribution is 7.90. The standard InChI is InChI=1S/C30H32N4O4S/c1-3-33(4-2)30(36)28(19-24-21-31-34(22-24)18-10-13-23-11-6-5-7-12-23)29(35)32-39(37,38)27-17-16-25-14-8-9-15-26(25)20-27/h5-17,20-22,28H,3-4,18-19H2,1-2H3,(H,32,35). The van der Waals surface area contributed by atoms with Crippen molar-refractivity contribution in [3.63, 3.8) is 0 Å². The number of sulfonamides is 1. The van der Waals surface area contributed by atoms with E-state index >= 15 is 0 Å². The lowest BCUT2D eigenvalue weighted by Crippen LogP contribution is -2.46. The van der Waals surface area contributed by atoms with Gasteiger partial charge in [0.05, 0.1) is 17.6 Å². The molecule has 0 saturated carbocycles. The minimum atomic E-state index is -4.19. The summed E-state index contributed by atoms with van der Waals surface area (Å²) < 4.78 is 30.1. The van der Waals surface area contributed by atoms with Gasteiger partial charge in [-0.15, -0.1) is 0 Å². The van der Waals surface area contributed by atoms with Crippen LogP contribution in [0.3, 0.4) is 0 Å². The maximum Gasteiger partial charge on any atom is 0.264 e. The average molecular weight is 545 g/mol. The quantitative estimate of drug-likeness (QED) is 0.284. The van der Waals surface area contributed by atoms with Crippen molar-refractivity contribution in [2.75, 3.05) is 13.1 Å². The summed E-state index contributed by atoms with van der Waals surface area (Å²) in [4.78, 5) is 28.1. The van der Waals surface area contributed by atoms with Gasteiger partial charge in [-0.3, -0.25) is 14.3 Å². The van der Waals surface area contributed by atoms with Crippen LogP contribution >= 0.6 is 0 Å². The van der Waals surface area contributed by atoms with Crippen LogP contribution in [0, 0.1) is 5.92 Å². The first kappa shape index (κ1) is 27.8. The number of benzene rings is 3. The van der Waals surface area contributed by atoms with Gasteiger partial charge >= 0.3 is 0 Å². The molecule has 0 aliphatic rings. The maximum atomic E-state index is 13.3. The second kappa shape index (κ2) is 12.5. The molecule has 1 aromatic heterocycles. The maximum absolute atomic E-state index is 13.3. The van der Waals surface area contributed by atoms with E-state index in [2.05, 4.69) is 9.82 Å². The van der Waals surface area contributed by atoms with E-state index in [1.54, 1.807) is 29.2 Å². The second-order valence-electron chi connectivity index (χ2n) is 9.13. The number of rotatable bonds is 11. The summed E-state index contributed by atoms with van der Waals surface area (Å²) in [5, 5.41) is 5.96. The molecule has 0 spiro atoms. The smallest absolute Gasteiger partial charge is 0.264 e. The summed E-state index contributed by atoms with van der Waals surface area (Å²) in [5.74, 6) is -2.52. The molecule has 0 radical (unpaired) electrons. The third-order valence-corrected chi connectivity index (χ3v) is 7.83. The topological polar surface area (TPSA) is 101 Å². The van der Waals surface area contributed by atoms with Crippen LogP contribution in [0.1, 0.15) is 25.0 Å². The number of hydrogen-bond donors (Lipinski definition) is 1. The Balaban J connectivity index is 1.52. The van der Waals surface area contributed by atoms with Gasteiger partial charge in [-0.25, -0.2) is 13.1 Å². The van der Waals surface area contributed by atoms with E-state index in [1.807, 2.05) is 74.5 Å². The third-order valence-electron chi connectivity index (χ3n) is 6.48. The molecular formula is C30H32N4O4S. The molecule has 39 heavy (non-hydrogen) atoms. The summed E-state index contributed by atoms with van der Waals surface area (Å²) in [7, 11) is -4.19. The van der Waals surface area contributed by atoms with E-state index in [9.17, 15) is 18.0 Å². The number of carbonyl (C=O) groups excluding carboxylic acids is 2. The molecule has 4 rings (SSSR count). The van der Waals surface area contributed by atoms with Crippen molar-refractivity contribution in [2.45, 2.75) is 31.7 Å². The number of carbonyl (C=O) groups is 2. The largest absolute Gasteiger partial charge is 0.343 e. The van der Waals surface area contributed by atoms with Crippen molar-refractivity contribution < 1.29 is 18.0 Å². The number of amides is 2. The Morgan fingerprint density at radius 2 is 1.67 bits per heavy atom. The molecule has 8 nitrogen and oxygen atoms in total. The number of fused-ring (bicyclic) bond motifs is 1. The number of allylic oxidation sites excluding steroid dienone is 1. The Bertz CT molecular complexity index is 1570. The Kier molecular flexibility index (Phi) is 8.93. The minimum Gasteiger partial charge on any atom is -0.343 e. The van der Waals surface area contributed by atoms with E-state index in [-0.39, 0.29) is 11.3 Å². The fraction of sp³-hybridized carbons (Fsp3) is 0.233. The molecule has 0 aliphatic heterocycles. The van der Waals surface area contributed by atoms with Gasteiger partial charge in [0.15, 0.2) is 0 Å². The first-order chi connectivity index (χ1) is 18.8.